The summed E-state index contributed by atoms with van der Waals surface area (Å²) in [7, 11) is 0. The zero-order chi connectivity index (χ0) is 5.70. The largest absolute Gasteiger partial charge is 1.00 e. The van der Waals surface area contributed by atoms with Crippen molar-refractivity contribution in [1.82, 2.24) is 0 Å². The van der Waals surface area contributed by atoms with Crippen molar-refractivity contribution in [2.45, 2.75) is 26.2 Å². The fraction of sp³-hybridized carbons (Fsp3) is 0.800. The summed E-state index contributed by atoms with van der Waals surface area (Å²) >= 11 is 0. The molecule has 0 unspecified atom stereocenters. The maximum Gasteiger partial charge on any atom is 1.00 e. The molecule has 4 heteroatoms. The first-order valence-corrected chi connectivity index (χ1v) is 2.47. The predicted octanol–water partition coefficient (Wildman–Crippen LogP) is -3.89. The number of unbranched alkanes of at least 4 members (excludes halogenated alkanes) is 1. The van der Waals surface area contributed by atoms with E-state index < -0.39 is 5.97 Å². The average Bonchev–Trinajstić information content (AvgIpc) is 1.61. The number of hydrogen-bond acceptors (Lipinski definition) is 2. The third-order valence-corrected chi connectivity index (χ3v) is 0.734. The molecule has 0 radical (unpaired) electrons. The summed E-state index contributed by atoms with van der Waals surface area (Å²) in [4.78, 5) is 9.65. The predicted molar refractivity (Wildman–Crippen MR) is 28.1 cm³/mol. The minimum absolute atomic E-state index is 0. The molecule has 0 bridgehead atoms. The van der Waals surface area contributed by atoms with Crippen molar-refractivity contribution in [3.63, 3.8) is 0 Å². The molecule has 0 saturated carbocycles. The molecule has 0 atom stereocenters. The standard InChI is InChI=1S/C5H10O2.Na.H2O/c1-2-3-4-5(6)7;;/h2-4H2,1H3,(H,6,7);;1H2/q;+1;/p-1. The molecular weight excluding hydrogens is 131 g/mol. The van der Waals surface area contributed by atoms with Gasteiger partial charge in [-0.05, 0) is 12.8 Å². The Balaban J connectivity index is -0.000000180. The summed E-state index contributed by atoms with van der Waals surface area (Å²) in [6.07, 6.45) is 1.87. The molecule has 0 aliphatic carbocycles. The summed E-state index contributed by atoms with van der Waals surface area (Å²) in [5.41, 5.74) is 0. The first-order chi connectivity index (χ1) is 3.27. The monoisotopic (exact) mass is 142 g/mol. The minimum atomic E-state index is -0.943. The van der Waals surface area contributed by atoms with Crippen LogP contribution in [0.5, 0.6) is 0 Å². The van der Waals surface area contributed by atoms with Gasteiger partial charge in [-0.1, -0.05) is 13.3 Å². The molecule has 0 amide bonds. The third-order valence-electron chi connectivity index (χ3n) is 0.734. The van der Waals surface area contributed by atoms with Crippen molar-refractivity contribution in [2.75, 3.05) is 0 Å². The van der Waals surface area contributed by atoms with Crippen molar-refractivity contribution in [3.8, 4) is 0 Å². The Morgan fingerprint density at radius 1 is 1.56 bits per heavy atom. The molecule has 2 N–H and O–H groups in total. The molecule has 3 nitrogen and oxygen atoms in total. The molecule has 9 heavy (non-hydrogen) atoms. The van der Waals surface area contributed by atoms with Crippen LogP contribution in [0.1, 0.15) is 26.2 Å². The molecule has 0 saturated heterocycles. The summed E-state index contributed by atoms with van der Waals surface area (Å²) in [5.74, 6) is -0.943. The average molecular weight is 142 g/mol. The quantitative estimate of drug-likeness (QED) is 0.378. The van der Waals surface area contributed by atoms with Crippen molar-refractivity contribution in [2.24, 2.45) is 0 Å². The number of carbonyl (C=O) groups is 1. The van der Waals surface area contributed by atoms with Gasteiger partial charge >= 0.3 is 29.6 Å². The molecule has 0 spiro atoms. The smallest absolute Gasteiger partial charge is 0.550 e. The van der Waals surface area contributed by atoms with Crippen LogP contribution in [-0.2, 0) is 4.79 Å². The van der Waals surface area contributed by atoms with E-state index in [2.05, 4.69) is 0 Å². The molecule has 0 aliphatic heterocycles. The Morgan fingerprint density at radius 2 is 2.00 bits per heavy atom. The Labute approximate surface area is 77.0 Å². The van der Waals surface area contributed by atoms with Gasteiger partial charge in [-0.3, -0.25) is 0 Å². The van der Waals surface area contributed by atoms with Crippen molar-refractivity contribution in [1.29, 1.82) is 0 Å². The molecule has 0 aliphatic rings. The van der Waals surface area contributed by atoms with E-state index in [1.165, 1.54) is 0 Å². The Bertz CT molecular complexity index is 65.2. The van der Waals surface area contributed by atoms with Gasteiger partial charge in [0.1, 0.15) is 0 Å². The molecule has 0 rings (SSSR count). The molecule has 0 heterocycles. The van der Waals surface area contributed by atoms with Gasteiger partial charge in [0.25, 0.3) is 0 Å². The van der Waals surface area contributed by atoms with Gasteiger partial charge in [-0.15, -0.1) is 0 Å². The topological polar surface area (TPSA) is 71.6 Å². The Morgan fingerprint density at radius 3 is 2.11 bits per heavy atom. The second-order valence-corrected chi connectivity index (χ2v) is 1.48. The number of carboxylic acids is 1. The summed E-state index contributed by atoms with van der Waals surface area (Å²) in [6, 6.07) is 0. The van der Waals surface area contributed by atoms with Crippen LogP contribution in [-0.4, -0.2) is 11.4 Å². The maximum atomic E-state index is 9.65. The van der Waals surface area contributed by atoms with Gasteiger partial charge in [0.15, 0.2) is 0 Å². The number of carboxylic acid groups (broad SMARTS) is 1. The van der Waals surface area contributed by atoms with Crippen molar-refractivity contribution < 1.29 is 44.9 Å². The van der Waals surface area contributed by atoms with E-state index in [-0.39, 0.29) is 41.5 Å². The molecular formula is C5H11NaO3. The van der Waals surface area contributed by atoms with E-state index in [1.54, 1.807) is 0 Å². The second-order valence-electron chi connectivity index (χ2n) is 1.48. The fourth-order valence-electron chi connectivity index (χ4n) is 0.321. The van der Waals surface area contributed by atoms with E-state index in [0.717, 1.165) is 12.8 Å². The molecule has 0 aromatic rings. The number of hydrogen-bond donors (Lipinski definition) is 0. The Kier molecular flexibility index (Phi) is 20.3. The summed E-state index contributed by atoms with van der Waals surface area (Å²) in [6.45, 7) is 1.95. The van der Waals surface area contributed by atoms with E-state index in [1.807, 2.05) is 6.92 Å². The van der Waals surface area contributed by atoms with Gasteiger partial charge in [-0.2, -0.15) is 0 Å². The van der Waals surface area contributed by atoms with Crippen LogP contribution in [0.25, 0.3) is 0 Å². The van der Waals surface area contributed by atoms with Crippen LogP contribution in [0.4, 0.5) is 0 Å². The molecule has 0 aromatic heterocycles. The number of aliphatic carboxylic acids is 1. The Hall–Kier alpha value is 0.430. The molecule has 0 fully saturated rings. The van der Waals surface area contributed by atoms with Crippen LogP contribution in [0.2, 0.25) is 0 Å². The first-order valence-electron chi connectivity index (χ1n) is 2.47. The zero-order valence-electron chi connectivity index (χ0n) is 5.94. The fourth-order valence-corrected chi connectivity index (χ4v) is 0.321. The van der Waals surface area contributed by atoms with Crippen molar-refractivity contribution >= 4 is 5.97 Å². The van der Waals surface area contributed by atoms with Gasteiger partial charge in [0.2, 0.25) is 0 Å². The number of rotatable bonds is 3. The maximum absolute atomic E-state index is 9.65. The van der Waals surface area contributed by atoms with E-state index in [0.29, 0.717) is 0 Å². The second kappa shape index (κ2) is 11.3. The SMILES string of the molecule is CCCCC(=O)[O-].O.[Na+]. The minimum Gasteiger partial charge on any atom is -0.550 e. The van der Waals surface area contributed by atoms with E-state index in [4.69, 9.17) is 0 Å². The summed E-state index contributed by atoms with van der Waals surface area (Å²) in [5, 5.41) is 9.65. The molecule has 50 valence electrons. The van der Waals surface area contributed by atoms with Gasteiger partial charge < -0.3 is 15.4 Å². The van der Waals surface area contributed by atoms with Gasteiger partial charge in [0, 0.05) is 5.97 Å². The van der Waals surface area contributed by atoms with Crippen LogP contribution >= 0.6 is 0 Å². The van der Waals surface area contributed by atoms with Crippen LogP contribution < -0.4 is 34.7 Å². The third kappa shape index (κ3) is 17.8. The summed E-state index contributed by atoms with van der Waals surface area (Å²) < 4.78 is 0. The van der Waals surface area contributed by atoms with E-state index in [9.17, 15) is 9.90 Å². The molecule has 0 aromatic carbocycles. The van der Waals surface area contributed by atoms with Crippen LogP contribution in [0.3, 0.4) is 0 Å². The zero-order valence-corrected chi connectivity index (χ0v) is 7.94. The number of carbonyl (C=O) groups excluding carboxylic acids is 1. The van der Waals surface area contributed by atoms with Crippen LogP contribution in [0.15, 0.2) is 0 Å². The van der Waals surface area contributed by atoms with Gasteiger partial charge in [-0.25, -0.2) is 0 Å². The van der Waals surface area contributed by atoms with Crippen LogP contribution in [0, 0.1) is 0 Å². The first kappa shape index (κ1) is 16.2. The normalized spacial score (nSPS) is 6.78. The van der Waals surface area contributed by atoms with E-state index >= 15 is 0 Å². The van der Waals surface area contributed by atoms with Gasteiger partial charge in [0.05, 0.1) is 0 Å². The van der Waals surface area contributed by atoms with Crippen molar-refractivity contribution in [3.05, 3.63) is 0 Å².